The van der Waals surface area contributed by atoms with Crippen molar-refractivity contribution in [2.24, 2.45) is 0 Å². The van der Waals surface area contributed by atoms with E-state index in [1.54, 1.807) is 6.07 Å². The topological polar surface area (TPSA) is 64.0 Å². The number of anilines is 1. The van der Waals surface area contributed by atoms with Crippen LogP contribution >= 0.6 is 12.6 Å². The monoisotopic (exact) mass is 397 g/mol. The first-order valence-corrected chi connectivity index (χ1v) is 9.89. The van der Waals surface area contributed by atoms with Crippen molar-refractivity contribution in [2.75, 3.05) is 19.0 Å². The van der Waals surface area contributed by atoms with Crippen molar-refractivity contribution in [3.63, 3.8) is 0 Å². The molecule has 0 aliphatic heterocycles. The molecule has 0 amide bonds. The number of thiol groups is 1. The minimum Gasteiger partial charge on any atom is -0.491 e. The molecule has 1 heterocycles. The number of halogens is 1. The lowest BCUT2D eigenvalue weighted by Gasteiger charge is -2.09. The third kappa shape index (κ3) is 4.42. The lowest BCUT2D eigenvalue weighted by atomic mass is 10.1. The summed E-state index contributed by atoms with van der Waals surface area (Å²) < 4.78 is 19.8. The van der Waals surface area contributed by atoms with Gasteiger partial charge >= 0.3 is 0 Å². The zero-order valence-corrected chi connectivity index (χ0v) is 16.8. The minimum absolute atomic E-state index is 0.0221. The summed E-state index contributed by atoms with van der Waals surface area (Å²) in [6.45, 7) is 2.21. The van der Waals surface area contributed by atoms with Crippen LogP contribution in [0.4, 0.5) is 10.1 Å². The molecular formula is C22H24FN3OS. The maximum Gasteiger partial charge on any atom is 0.123 e. The third-order valence-corrected chi connectivity index (χ3v) is 5.06. The molecule has 0 saturated heterocycles. The third-order valence-electron chi connectivity index (χ3n) is 4.54. The van der Waals surface area contributed by atoms with Gasteiger partial charge in [-0.3, -0.25) is 0 Å². The lowest BCUT2D eigenvalue weighted by Crippen LogP contribution is -2.00. The summed E-state index contributed by atoms with van der Waals surface area (Å²) in [7, 11) is 0. The molecular weight excluding hydrogens is 373 g/mol. The van der Waals surface area contributed by atoms with Crippen molar-refractivity contribution in [2.45, 2.75) is 31.6 Å². The lowest BCUT2D eigenvalue weighted by molar-refractivity contribution is 0.273. The Morgan fingerprint density at radius 1 is 1.25 bits per heavy atom. The number of aryl methyl sites for hydroxylation is 1. The van der Waals surface area contributed by atoms with Gasteiger partial charge in [0.15, 0.2) is 0 Å². The Hall–Kier alpha value is -2.65. The van der Waals surface area contributed by atoms with Gasteiger partial charge in [-0.1, -0.05) is 12.1 Å². The molecule has 1 aliphatic carbocycles. The van der Waals surface area contributed by atoms with Crippen LogP contribution in [0, 0.1) is 11.3 Å². The zero-order valence-electron chi connectivity index (χ0n) is 15.9. The van der Waals surface area contributed by atoms with E-state index < -0.39 is 6.67 Å². The van der Waals surface area contributed by atoms with E-state index in [1.807, 2.05) is 43.3 Å². The predicted molar refractivity (Wildman–Crippen MR) is 116 cm³/mol. The number of nitrogens with two attached hydrogens (primary N) is 1. The van der Waals surface area contributed by atoms with E-state index >= 15 is 0 Å². The molecule has 1 fully saturated rings. The van der Waals surface area contributed by atoms with Gasteiger partial charge in [-0.15, -0.1) is 0 Å². The predicted octanol–water partition coefficient (Wildman–Crippen LogP) is 5.21. The van der Waals surface area contributed by atoms with Crippen LogP contribution in [0.5, 0.6) is 5.75 Å². The number of hydrogen-bond donors (Lipinski definition) is 2. The zero-order chi connectivity index (χ0) is 20.1. The number of nitriles is 1. The molecule has 4 nitrogen and oxygen atoms in total. The molecule has 1 aliphatic rings. The summed E-state index contributed by atoms with van der Waals surface area (Å²) in [5.74, 6) is 0.598. The number of nitrogens with zero attached hydrogens (tertiary/aromatic N) is 2. The smallest absolute Gasteiger partial charge is 0.123 e. The van der Waals surface area contributed by atoms with Crippen molar-refractivity contribution < 1.29 is 9.13 Å². The van der Waals surface area contributed by atoms with Crippen molar-refractivity contribution in [3.05, 3.63) is 48.0 Å². The largest absolute Gasteiger partial charge is 0.491 e. The van der Waals surface area contributed by atoms with Crippen molar-refractivity contribution in [3.8, 4) is 23.1 Å². The average Bonchev–Trinajstić information content (AvgIpc) is 3.43. The highest BCUT2D eigenvalue weighted by Crippen LogP contribution is 2.35. The van der Waals surface area contributed by atoms with Crippen LogP contribution in [0.15, 0.2) is 42.5 Å². The first-order chi connectivity index (χ1) is 13.6. The second-order valence-electron chi connectivity index (χ2n) is 6.65. The highest BCUT2D eigenvalue weighted by atomic mass is 32.1. The number of rotatable bonds is 5. The van der Waals surface area contributed by atoms with Gasteiger partial charge in [0.25, 0.3) is 0 Å². The van der Waals surface area contributed by atoms with Crippen molar-refractivity contribution in [1.82, 2.24) is 4.57 Å². The first-order valence-electron chi connectivity index (χ1n) is 9.38. The van der Waals surface area contributed by atoms with Crippen LogP contribution in [0.2, 0.25) is 0 Å². The van der Waals surface area contributed by atoms with Gasteiger partial charge in [0, 0.05) is 28.9 Å². The Bertz CT molecular complexity index is 988. The summed E-state index contributed by atoms with van der Waals surface area (Å²) in [5.41, 5.74) is 9.76. The van der Waals surface area contributed by atoms with Crippen LogP contribution in [-0.2, 0) is 6.54 Å². The van der Waals surface area contributed by atoms with Gasteiger partial charge in [0.2, 0.25) is 0 Å². The summed E-state index contributed by atoms with van der Waals surface area (Å²) in [4.78, 5) is 0. The highest BCUT2D eigenvalue weighted by molar-refractivity contribution is 7.81. The number of nitrogen functional groups attached to an aromatic ring is 1. The molecule has 146 valence electrons. The SMILES string of the molecule is CCn1c(-c2ccc(N)cc2)c(C#N)c2ccc(OCCF)cc21.SC1CC1. The molecule has 0 atom stereocenters. The normalized spacial score (nSPS) is 12.9. The van der Waals surface area contributed by atoms with Gasteiger partial charge in [-0.2, -0.15) is 17.9 Å². The van der Waals surface area contributed by atoms with E-state index in [4.69, 9.17) is 10.5 Å². The highest BCUT2D eigenvalue weighted by Gasteiger charge is 2.18. The number of fused-ring (bicyclic) bond motifs is 1. The Kier molecular flexibility index (Phi) is 6.48. The second-order valence-corrected chi connectivity index (χ2v) is 7.38. The van der Waals surface area contributed by atoms with Crippen LogP contribution in [0.3, 0.4) is 0 Å². The molecule has 28 heavy (non-hydrogen) atoms. The molecule has 1 aromatic heterocycles. The van der Waals surface area contributed by atoms with Gasteiger partial charge in [-0.25, -0.2) is 4.39 Å². The number of benzene rings is 2. The molecule has 0 bridgehead atoms. The Morgan fingerprint density at radius 2 is 1.93 bits per heavy atom. The quantitative estimate of drug-likeness (QED) is 0.459. The molecule has 0 unspecified atom stereocenters. The van der Waals surface area contributed by atoms with E-state index in [9.17, 15) is 9.65 Å². The number of alkyl halides is 1. The van der Waals surface area contributed by atoms with Crippen LogP contribution in [-0.4, -0.2) is 23.1 Å². The Labute approximate surface area is 170 Å². The Morgan fingerprint density at radius 3 is 2.46 bits per heavy atom. The van der Waals surface area contributed by atoms with E-state index in [0.717, 1.165) is 27.4 Å². The molecule has 0 spiro atoms. The van der Waals surface area contributed by atoms with Crippen LogP contribution in [0.1, 0.15) is 25.3 Å². The molecule has 2 aromatic carbocycles. The van der Waals surface area contributed by atoms with Gasteiger partial charge in [0.1, 0.15) is 25.1 Å². The average molecular weight is 398 g/mol. The van der Waals surface area contributed by atoms with E-state index in [2.05, 4.69) is 23.3 Å². The fourth-order valence-electron chi connectivity index (χ4n) is 3.03. The maximum absolute atomic E-state index is 12.3. The fourth-order valence-corrected chi connectivity index (χ4v) is 3.18. The van der Waals surface area contributed by atoms with E-state index in [0.29, 0.717) is 23.5 Å². The number of aromatic nitrogens is 1. The van der Waals surface area contributed by atoms with E-state index in [1.165, 1.54) is 12.8 Å². The molecule has 4 rings (SSSR count). The fraction of sp³-hybridized carbons (Fsp3) is 0.318. The molecule has 2 N–H and O–H groups in total. The first kappa shape index (κ1) is 20.1. The number of ether oxygens (including phenoxy) is 1. The van der Waals surface area contributed by atoms with Crippen LogP contribution < -0.4 is 10.5 Å². The molecule has 1 saturated carbocycles. The molecule has 0 radical (unpaired) electrons. The summed E-state index contributed by atoms with van der Waals surface area (Å²) in [5, 5.41) is 11.3. The maximum atomic E-state index is 12.3. The van der Waals surface area contributed by atoms with Crippen molar-refractivity contribution in [1.29, 1.82) is 5.26 Å². The second kappa shape index (κ2) is 9.03. The van der Waals surface area contributed by atoms with E-state index in [-0.39, 0.29) is 6.61 Å². The molecule has 6 heteroatoms. The van der Waals surface area contributed by atoms with Gasteiger partial charge in [-0.05, 0) is 49.6 Å². The summed E-state index contributed by atoms with van der Waals surface area (Å²) in [6, 6.07) is 15.3. The minimum atomic E-state index is -0.535. The number of hydrogen-bond acceptors (Lipinski definition) is 4. The molecule has 3 aromatic rings. The summed E-state index contributed by atoms with van der Waals surface area (Å²) >= 11 is 4.08. The standard InChI is InChI=1S/C19H18FN3O.C3H6S/c1-2-23-18-11-15(24-10-9-20)7-8-16(18)17(12-21)19(23)13-3-5-14(22)6-4-13;4-3-1-2-3/h3-8,11H,2,9-10,22H2,1H3;3-4H,1-2H2. The summed E-state index contributed by atoms with van der Waals surface area (Å²) in [6.07, 6.45) is 2.70. The van der Waals surface area contributed by atoms with Gasteiger partial charge in [0.05, 0.1) is 16.8 Å². The van der Waals surface area contributed by atoms with Crippen LogP contribution in [0.25, 0.3) is 22.2 Å². The van der Waals surface area contributed by atoms with Crippen molar-refractivity contribution >= 4 is 29.2 Å². The van der Waals surface area contributed by atoms with Gasteiger partial charge < -0.3 is 15.0 Å². The Balaban J connectivity index is 0.000000500.